The van der Waals surface area contributed by atoms with Gasteiger partial charge in [-0.15, -0.1) is 0 Å². The molecule has 1 spiro atoms. The van der Waals surface area contributed by atoms with E-state index in [-0.39, 0.29) is 30.1 Å². The molecule has 11 nitrogen and oxygen atoms in total. The number of piperidine rings is 1. The summed E-state index contributed by atoms with van der Waals surface area (Å²) in [5.74, 6) is 8.51. The number of aromatic hydroxyl groups is 1. The summed E-state index contributed by atoms with van der Waals surface area (Å²) in [4.78, 5) is 29.2. The zero-order valence-corrected chi connectivity index (χ0v) is 32.7. The summed E-state index contributed by atoms with van der Waals surface area (Å²) in [6.45, 7) is 1.54. The first-order valence-corrected chi connectivity index (χ1v) is 20.8. The minimum Gasteiger partial charge on any atom is -0.504 e. The first kappa shape index (κ1) is 40.1. The number of H-pyrrole nitrogens is 1. The maximum absolute atomic E-state index is 14.1. The van der Waals surface area contributed by atoms with E-state index in [0.717, 1.165) is 61.8 Å². The average Bonchev–Trinajstić information content (AvgIpc) is 3.72. The first-order chi connectivity index (χ1) is 27.0. The van der Waals surface area contributed by atoms with Gasteiger partial charge in [0, 0.05) is 50.2 Å². The van der Waals surface area contributed by atoms with Crippen LogP contribution in [0, 0.1) is 35.0 Å². The Labute approximate surface area is 330 Å². The van der Waals surface area contributed by atoms with Crippen LogP contribution in [0.5, 0.6) is 11.5 Å². The van der Waals surface area contributed by atoms with Crippen molar-refractivity contribution in [2.24, 2.45) is 28.9 Å². The number of ketones is 2. The number of benzene rings is 1. The number of aliphatic hydroxyl groups excluding tert-OH is 3. The van der Waals surface area contributed by atoms with Gasteiger partial charge in [0.15, 0.2) is 17.3 Å². The smallest absolute Gasteiger partial charge is 0.160 e. The van der Waals surface area contributed by atoms with Crippen LogP contribution in [0.15, 0.2) is 53.6 Å². The zero-order valence-electron chi connectivity index (χ0n) is 32.7. The SMILES string of the molecule is COc1cc2c(cc1O)C(CC(O)C(O)CCC1=C(Cc3cc[nH]c3)CNC(N)=C1)C#CC1(CCC(CCC3CNC4CC(=O)CCC4C3)CC1O)C(=O)CC2. The first-order valence-electron chi connectivity index (χ1n) is 20.8. The lowest BCUT2D eigenvalue weighted by molar-refractivity contribution is -0.134. The van der Waals surface area contributed by atoms with E-state index in [1.807, 2.05) is 24.5 Å². The van der Waals surface area contributed by atoms with Crippen molar-refractivity contribution < 1.29 is 34.8 Å². The van der Waals surface area contributed by atoms with Gasteiger partial charge in [0.05, 0.1) is 31.2 Å². The number of phenolic OH excluding ortho intramolecular Hbond substituents is 1. The van der Waals surface area contributed by atoms with E-state index in [0.29, 0.717) is 92.5 Å². The zero-order chi connectivity index (χ0) is 39.4. The Hall–Kier alpha value is -4.08. The number of hydrogen-bond acceptors (Lipinski definition) is 10. The quantitative estimate of drug-likeness (QED) is 0.143. The maximum atomic E-state index is 14.1. The number of rotatable bonds is 12. The number of carbonyl (C=O) groups excluding carboxylic acids is 2. The fourth-order valence-electron chi connectivity index (χ4n) is 10.1. The number of aromatic amines is 1. The second-order valence-electron chi connectivity index (χ2n) is 17.2. The molecule has 3 fully saturated rings. The minimum absolute atomic E-state index is 0.0632. The van der Waals surface area contributed by atoms with E-state index in [1.165, 1.54) is 12.7 Å². The number of nitrogens with one attached hydrogen (secondary N) is 3. The number of hydrogen-bond donors (Lipinski definition) is 8. The van der Waals surface area contributed by atoms with Gasteiger partial charge in [0.25, 0.3) is 0 Å². The van der Waals surface area contributed by atoms with Crippen LogP contribution in [0.4, 0.5) is 0 Å². The number of aryl methyl sites for hydroxylation is 1. The third-order valence-corrected chi connectivity index (χ3v) is 13.6. The number of nitrogens with two attached hydrogens (primary N) is 1. The molecule has 9 unspecified atom stereocenters. The van der Waals surface area contributed by atoms with Crippen molar-refractivity contribution in [2.75, 3.05) is 20.2 Å². The standard InChI is InChI=1S/C45H60N4O7/c1-56-41-20-31-6-9-42(54)45(13-10-27(18-43(45)55)2-3-28-16-33-4-7-35(50)22-37(33)48-25-28)14-11-32(36(31)23-40(41)53)19-39(52)38(51)8-5-30-21-44(46)49-26-34(30)17-29-12-15-47-24-29/h12,15,20-21,23-24,27-28,32-33,37-39,43,47-49,51-53,55H,2-10,13,16-19,22,25-26,46H2,1H3. The Kier molecular flexibility index (Phi) is 12.6. The van der Waals surface area contributed by atoms with Gasteiger partial charge in [-0.25, -0.2) is 0 Å². The van der Waals surface area contributed by atoms with Crippen molar-refractivity contribution in [1.82, 2.24) is 15.6 Å². The number of phenols is 1. The number of ether oxygens (including phenoxy) is 1. The summed E-state index contributed by atoms with van der Waals surface area (Å²) in [5, 5.41) is 52.4. The molecule has 1 aromatic heterocycles. The molecule has 302 valence electrons. The molecule has 3 aliphatic carbocycles. The van der Waals surface area contributed by atoms with Gasteiger partial charge in [-0.05, 0) is 147 Å². The Bertz CT molecular complexity index is 1860. The van der Waals surface area contributed by atoms with Crippen molar-refractivity contribution in [1.29, 1.82) is 0 Å². The number of allylic oxidation sites excluding steroid dienone is 2. The lowest BCUT2D eigenvalue weighted by Crippen LogP contribution is -2.49. The highest BCUT2D eigenvalue weighted by Gasteiger charge is 2.47. The van der Waals surface area contributed by atoms with E-state index < -0.39 is 29.6 Å². The van der Waals surface area contributed by atoms with Crippen LogP contribution in [0.2, 0.25) is 0 Å². The monoisotopic (exact) mass is 768 g/mol. The van der Waals surface area contributed by atoms with E-state index in [9.17, 15) is 30.0 Å². The highest BCUT2D eigenvalue weighted by Crippen LogP contribution is 2.45. The fraction of sp³-hybridized carbons (Fsp3) is 0.600. The lowest BCUT2D eigenvalue weighted by atomic mass is 9.64. The Morgan fingerprint density at radius 2 is 1.91 bits per heavy atom. The minimum atomic E-state index is -1.22. The molecule has 9 atom stereocenters. The third kappa shape index (κ3) is 9.05. The van der Waals surface area contributed by atoms with Gasteiger partial charge in [0.2, 0.25) is 0 Å². The summed E-state index contributed by atoms with van der Waals surface area (Å²) in [6.07, 6.45) is 12.1. The van der Waals surface area contributed by atoms with Crippen LogP contribution in [-0.2, 0) is 22.4 Å². The third-order valence-electron chi connectivity index (χ3n) is 13.6. The molecule has 0 bridgehead atoms. The molecule has 7 rings (SSSR count). The molecule has 1 saturated heterocycles. The molecular formula is C45H60N4O7. The normalized spacial score (nSPS) is 30.4. The lowest BCUT2D eigenvalue weighted by Gasteiger charge is -2.42. The summed E-state index contributed by atoms with van der Waals surface area (Å²) < 4.78 is 5.43. The largest absolute Gasteiger partial charge is 0.504 e. The van der Waals surface area contributed by atoms with Crippen molar-refractivity contribution in [3.63, 3.8) is 0 Å². The van der Waals surface area contributed by atoms with Gasteiger partial charge in [-0.1, -0.05) is 18.3 Å². The average molecular weight is 769 g/mol. The summed E-state index contributed by atoms with van der Waals surface area (Å²) >= 11 is 0. The predicted octanol–water partition coefficient (Wildman–Crippen LogP) is 4.44. The Morgan fingerprint density at radius 3 is 2.70 bits per heavy atom. The molecule has 2 saturated carbocycles. The highest BCUT2D eigenvalue weighted by molar-refractivity contribution is 5.89. The van der Waals surface area contributed by atoms with Crippen molar-refractivity contribution in [2.45, 2.75) is 127 Å². The van der Waals surface area contributed by atoms with Crippen LogP contribution in [0.1, 0.15) is 106 Å². The predicted molar refractivity (Wildman–Crippen MR) is 213 cm³/mol. The topological polar surface area (TPSA) is 190 Å². The summed E-state index contributed by atoms with van der Waals surface area (Å²) in [6, 6.07) is 5.70. The van der Waals surface area contributed by atoms with Crippen LogP contribution in [-0.4, -0.2) is 81.5 Å². The second-order valence-corrected chi connectivity index (χ2v) is 17.2. The van der Waals surface area contributed by atoms with Gasteiger partial charge in [-0.2, -0.15) is 0 Å². The molecular weight excluding hydrogens is 709 g/mol. The molecule has 0 amide bonds. The van der Waals surface area contributed by atoms with Crippen LogP contribution < -0.4 is 21.1 Å². The molecule has 9 N–H and O–H groups in total. The molecule has 2 aromatic rings. The van der Waals surface area contributed by atoms with Crippen LogP contribution >= 0.6 is 0 Å². The number of Topliss-reactive ketones (excluding diaryl/α,β-unsaturated/α-hetero) is 2. The highest BCUT2D eigenvalue weighted by atomic mass is 16.5. The fourth-order valence-corrected chi connectivity index (χ4v) is 10.1. The Balaban J connectivity index is 1.05. The number of aromatic nitrogens is 1. The van der Waals surface area contributed by atoms with Crippen LogP contribution in [0.3, 0.4) is 0 Å². The summed E-state index contributed by atoms with van der Waals surface area (Å²) in [5.41, 5.74) is 9.74. The van der Waals surface area contributed by atoms with Gasteiger partial charge < -0.3 is 46.5 Å². The second kappa shape index (κ2) is 17.6. The number of fused-ring (bicyclic) bond motifs is 2. The number of methoxy groups -OCH3 is 1. The molecule has 2 aliphatic heterocycles. The summed E-state index contributed by atoms with van der Waals surface area (Å²) in [7, 11) is 1.48. The molecule has 0 radical (unpaired) electrons. The van der Waals surface area contributed by atoms with Crippen molar-refractivity contribution in [3.05, 3.63) is 70.3 Å². The molecule has 11 heteroatoms. The van der Waals surface area contributed by atoms with E-state index >= 15 is 0 Å². The Morgan fingerprint density at radius 1 is 1.07 bits per heavy atom. The maximum Gasteiger partial charge on any atom is 0.160 e. The van der Waals surface area contributed by atoms with Crippen LogP contribution in [0.25, 0.3) is 0 Å². The molecule has 3 heterocycles. The molecule has 56 heavy (non-hydrogen) atoms. The van der Waals surface area contributed by atoms with Gasteiger partial charge >= 0.3 is 0 Å². The van der Waals surface area contributed by atoms with Gasteiger partial charge in [0.1, 0.15) is 11.2 Å². The van der Waals surface area contributed by atoms with E-state index in [1.54, 1.807) is 12.1 Å². The number of carbonyl (C=O) groups is 2. The molecule has 1 aromatic carbocycles. The van der Waals surface area contributed by atoms with E-state index in [2.05, 4.69) is 27.5 Å². The molecule has 5 aliphatic rings. The van der Waals surface area contributed by atoms with Crippen molar-refractivity contribution in [3.8, 4) is 23.3 Å². The number of aliphatic hydroxyl groups is 3. The number of dihydropyridines is 1. The van der Waals surface area contributed by atoms with Gasteiger partial charge in [-0.3, -0.25) is 9.59 Å². The van der Waals surface area contributed by atoms with E-state index in [4.69, 9.17) is 10.5 Å². The van der Waals surface area contributed by atoms with Crippen molar-refractivity contribution >= 4 is 11.6 Å².